The number of hydrogen-bond acceptors (Lipinski definition) is 7. The van der Waals surface area contributed by atoms with Crippen LogP contribution in [0, 0.1) is 10.1 Å². The molecule has 0 aromatic heterocycles. The van der Waals surface area contributed by atoms with E-state index in [4.69, 9.17) is 4.74 Å². The van der Waals surface area contributed by atoms with Gasteiger partial charge in [0.1, 0.15) is 6.04 Å². The third-order valence-electron chi connectivity index (χ3n) is 6.25. The minimum atomic E-state index is -0.461. The highest BCUT2D eigenvalue weighted by atomic mass is 16.6. The number of nitro groups is 1. The second kappa shape index (κ2) is 11.3. The third kappa shape index (κ3) is 6.02. The van der Waals surface area contributed by atoms with Crippen LogP contribution >= 0.6 is 0 Å². The Hall–Kier alpha value is -2.56. The minimum absolute atomic E-state index is 0.00305. The number of likely N-dealkylation sites (tertiary alicyclic amines) is 1. The number of non-ortho nitro benzene ring substituents is 1. The molecular formula is C22H33N5O5. The molecule has 2 heterocycles. The van der Waals surface area contributed by atoms with Crippen LogP contribution in [0.1, 0.15) is 25.3 Å². The Morgan fingerprint density at radius 3 is 2.66 bits per heavy atom. The molecule has 1 aromatic carbocycles. The Kier molecular flexibility index (Phi) is 8.54. The summed E-state index contributed by atoms with van der Waals surface area (Å²) in [4.78, 5) is 42.0. The summed E-state index contributed by atoms with van der Waals surface area (Å²) < 4.78 is 5.28. The van der Waals surface area contributed by atoms with E-state index in [1.54, 1.807) is 24.1 Å². The smallest absolute Gasteiger partial charge is 0.269 e. The van der Waals surface area contributed by atoms with Crippen molar-refractivity contribution in [2.24, 2.45) is 0 Å². The summed E-state index contributed by atoms with van der Waals surface area (Å²) in [5.74, 6) is -0.0748. The molecule has 0 bridgehead atoms. The highest BCUT2D eigenvalue weighted by Gasteiger charge is 2.42. The summed E-state index contributed by atoms with van der Waals surface area (Å²) >= 11 is 0. The largest absolute Gasteiger partial charge is 0.383 e. The lowest BCUT2D eigenvalue weighted by atomic mass is 10.1. The predicted molar refractivity (Wildman–Crippen MR) is 119 cm³/mol. The van der Waals surface area contributed by atoms with Gasteiger partial charge in [0.15, 0.2) is 0 Å². The molecule has 0 saturated carbocycles. The van der Waals surface area contributed by atoms with E-state index < -0.39 is 11.0 Å². The fraction of sp³-hybridized carbons (Fsp3) is 0.636. The van der Waals surface area contributed by atoms with Gasteiger partial charge in [-0.1, -0.05) is 12.1 Å². The number of carbonyl (C=O) groups is 2. The Labute approximate surface area is 188 Å². The number of nitrogens with zero attached hydrogens (tertiary/aromatic N) is 4. The van der Waals surface area contributed by atoms with Crippen LogP contribution in [0.5, 0.6) is 0 Å². The number of nitro benzene ring substituents is 1. The molecule has 10 nitrogen and oxygen atoms in total. The SMILES string of the molecule is COCCN(Cc1ccc([N+](=O)[O-])cc1)C1CC(C(=O)N2CCCNCC2)N(C(C)=O)C1. The first-order valence-electron chi connectivity index (χ1n) is 11.1. The topological polar surface area (TPSA) is 108 Å². The van der Waals surface area contributed by atoms with Crippen LogP contribution in [-0.2, 0) is 20.9 Å². The fourth-order valence-electron chi connectivity index (χ4n) is 4.49. The zero-order valence-corrected chi connectivity index (χ0v) is 18.9. The molecule has 0 spiro atoms. The summed E-state index contributed by atoms with van der Waals surface area (Å²) in [6.45, 7) is 6.73. The normalized spacial score (nSPS) is 21.6. The van der Waals surface area contributed by atoms with Crippen LogP contribution in [0.2, 0.25) is 0 Å². The van der Waals surface area contributed by atoms with E-state index in [0.29, 0.717) is 45.8 Å². The standard InChI is InChI=1S/C22H33N5O5/c1-17(28)26-16-20(14-21(26)22(29)24-10-3-8-23-9-11-24)25(12-13-32-2)15-18-4-6-19(7-5-18)27(30)31/h4-7,20-21,23H,3,8-16H2,1-2H3. The number of hydrogen-bond donors (Lipinski definition) is 1. The Morgan fingerprint density at radius 2 is 2.00 bits per heavy atom. The van der Waals surface area contributed by atoms with E-state index in [2.05, 4.69) is 10.2 Å². The van der Waals surface area contributed by atoms with Gasteiger partial charge in [-0.2, -0.15) is 0 Å². The van der Waals surface area contributed by atoms with E-state index in [1.807, 2.05) is 4.90 Å². The van der Waals surface area contributed by atoms with E-state index in [0.717, 1.165) is 25.1 Å². The van der Waals surface area contributed by atoms with Crippen molar-refractivity contribution in [2.75, 3.05) is 53.0 Å². The molecular weight excluding hydrogens is 414 g/mol. The van der Waals surface area contributed by atoms with E-state index in [-0.39, 0.29) is 23.5 Å². The molecule has 32 heavy (non-hydrogen) atoms. The highest BCUT2D eigenvalue weighted by Crippen LogP contribution is 2.26. The molecule has 0 aliphatic carbocycles. The lowest BCUT2D eigenvalue weighted by molar-refractivity contribution is -0.384. The fourth-order valence-corrected chi connectivity index (χ4v) is 4.49. The number of rotatable bonds is 8. The summed E-state index contributed by atoms with van der Waals surface area (Å²) in [6.07, 6.45) is 1.47. The van der Waals surface area contributed by atoms with Gasteiger partial charge in [0.2, 0.25) is 11.8 Å². The molecule has 0 radical (unpaired) electrons. The van der Waals surface area contributed by atoms with Crippen molar-refractivity contribution in [3.63, 3.8) is 0 Å². The zero-order chi connectivity index (χ0) is 23.1. The number of carbonyl (C=O) groups excluding carboxylic acids is 2. The van der Waals surface area contributed by atoms with Gasteiger partial charge in [0.05, 0.1) is 11.5 Å². The van der Waals surface area contributed by atoms with Crippen molar-refractivity contribution in [1.29, 1.82) is 0 Å². The van der Waals surface area contributed by atoms with E-state index in [9.17, 15) is 19.7 Å². The van der Waals surface area contributed by atoms with Crippen LogP contribution < -0.4 is 5.32 Å². The van der Waals surface area contributed by atoms with Crippen molar-refractivity contribution < 1.29 is 19.2 Å². The van der Waals surface area contributed by atoms with Crippen molar-refractivity contribution in [3.05, 3.63) is 39.9 Å². The Morgan fingerprint density at radius 1 is 1.25 bits per heavy atom. The maximum absolute atomic E-state index is 13.3. The average molecular weight is 448 g/mol. The zero-order valence-electron chi connectivity index (χ0n) is 18.9. The van der Waals surface area contributed by atoms with Crippen molar-refractivity contribution >= 4 is 17.5 Å². The Balaban J connectivity index is 1.74. The maximum Gasteiger partial charge on any atom is 0.269 e. The second-order valence-electron chi connectivity index (χ2n) is 8.39. The number of methoxy groups -OCH3 is 1. The van der Waals surface area contributed by atoms with Crippen LogP contribution in [0.4, 0.5) is 5.69 Å². The van der Waals surface area contributed by atoms with Crippen molar-refractivity contribution in [2.45, 2.75) is 38.4 Å². The van der Waals surface area contributed by atoms with Gasteiger partial charge in [-0.05, 0) is 24.9 Å². The van der Waals surface area contributed by atoms with Crippen molar-refractivity contribution in [1.82, 2.24) is 20.0 Å². The molecule has 2 unspecified atom stereocenters. The molecule has 2 atom stereocenters. The second-order valence-corrected chi connectivity index (χ2v) is 8.39. The van der Waals surface area contributed by atoms with E-state index >= 15 is 0 Å². The van der Waals surface area contributed by atoms with E-state index in [1.165, 1.54) is 19.1 Å². The lowest BCUT2D eigenvalue weighted by Gasteiger charge is -2.28. The number of benzene rings is 1. The molecule has 3 rings (SSSR count). The Bertz CT molecular complexity index is 794. The number of nitrogens with one attached hydrogen (secondary N) is 1. The first-order chi connectivity index (χ1) is 15.4. The van der Waals surface area contributed by atoms with Gasteiger partial charge in [0.25, 0.3) is 5.69 Å². The molecule has 2 aliphatic rings. The number of ether oxygens (including phenoxy) is 1. The van der Waals surface area contributed by atoms with Crippen molar-refractivity contribution in [3.8, 4) is 0 Å². The van der Waals surface area contributed by atoms with Gasteiger partial charge in [0, 0.05) is 71.5 Å². The van der Waals surface area contributed by atoms with Gasteiger partial charge < -0.3 is 19.9 Å². The maximum atomic E-state index is 13.3. The molecule has 2 fully saturated rings. The summed E-state index contributed by atoms with van der Waals surface area (Å²) in [5.41, 5.74) is 0.993. The van der Waals surface area contributed by atoms with Crippen LogP contribution in [0.15, 0.2) is 24.3 Å². The third-order valence-corrected chi connectivity index (χ3v) is 6.25. The molecule has 10 heteroatoms. The summed E-state index contributed by atoms with van der Waals surface area (Å²) in [5, 5.41) is 14.2. The van der Waals surface area contributed by atoms with Gasteiger partial charge >= 0.3 is 0 Å². The van der Waals surface area contributed by atoms with Crippen LogP contribution in [-0.4, -0.2) is 96.5 Å². The van der Waals surface area contributed by atoms with Gasteiger partial charge in [-0.3, -0.25) is 24.6 Å². The molecule has 1 aromatic rings. The average Bonchev–Trinajstić information content (AvgIpc) is 3.05. The summed E-state index contributed by atoms with van der Waals surface area (Å²) in [6, 6.07) is 6.05. The van der Waals surface area contributed by atoms with Gasteiger partial charge in [-0.25, -0.2) is 0 Å². The molecule has 2 aliphatic heterocycles. The van der Waals surface area contributed by atoms with Crippen LogP contribution in [0.3, 0.4) is 0 Å². The van der Waals surface area contributed by atoms with Gasteiger partial charge in [-0.15, -0.1) is 0 Å². The monoisotopic (exact) mass is 447 g/mol. The molecule has 2 amide bonds. The minimum Gasteiger partial charge on any atom is -0.383 e. The molecule has 176 valence electrons. The van der Waals surface area contributed by atoms with Crippen LogP contribution in [0.25, 0.3) is 0 Å². The highest BCUT2D eigenvalue weighted by molar-refractivity contribution is 5.87. The number of amides is 2. The molecule has 2 saturated heterocycles. The quantitative estimate of drug-likeness (QED) is 0.465. The first kappa shape index (κ1) is 24.1. The first-order valence-corrected chi connectivity index (χ1v) is 11.1. The predicted octanol–water partition coefficient (Wildman–Crippen LogP) is 0.855. The molecule has 1 N–H and O–H groups in total. The lowest BCUT2D eigenvalue weighted by Crippen LogP contribution is -2.48. The summed E-state index contributed by atoms with van der Waals surface area (Å²) in [7, 11) is 1.64.